The SMILES string of the molecule is C=C1CN(c2c(C#N)cnc3cc(OC)ccc23)C[C@H](C)N1C(=O)N1CCn2c(nnc2C(F)(F)F)C1. The van der Waals surface area contributed by atoms with Gasteiger partial charge in [0.25, 0.3) is 0 Å². The van der Waals surface area contributed by atoms with Gasteiger partial charge in [-0.05, 0) is 19.1 Å². The van der Waals surface area contributed by atoms with Crippen molar-refractivity contribution in [3.63, 3.8) is 0 Å². The monoisotopic (exact) mass is 512 g/mol. The van der Waals surface area contributed by atoms with Crippen molar-refractivity contribution in [2.24, 2.45) is 0 Å². The number of methoxy groups -OCH3 is 1. The number of pyridine rings is 1. The fourth-order valence-corrected chi connectivity index (χ4v) is 4.96. The van der Waals surface area contributed by atoms with Crippen molar-refractivity contribution in [1.29, 1.82) is 5.26 Å². The number of rotatable bonds is 2. The molecule has 37 heavy (non-hydrogen) atoms. The molecule has 2 aliphatic rings. The number of benzene rings is 1. The van der Waals surface area contributed by atoms with E-state index >= 15 is 0 Å². The minimum Gasteiger partial charge on any atom is -0.497 e. The van der Waals surface area contributed by atoms with E-state index in [4.69, 9.17) is 4.74 Å². The van der Waals surface area contributed by atoms with E-state index < -0.39 is 12.0 Å². The van der Waals surface area contributed by atoms with E-state index in [1.165, 1.54) is 11.1 Å². The smallest absolute Gasteiger partial charge is 0.451 e. The number of piperazine rings is 1. The second kappa shape index (κ2) is 8.95. The summed E-state index contributed by atoms with van der Waals surface area (Å²) in [7, 11) is 1.56. The Morgan fingerprint density at radius 1 is 1.24 bits per heavy atom. The van der Waals surface area contributed by atoms with E-state index in [0.29, 0.717) is 34.8 Å². The molecular weight excluding hydrogens is 489 g/mol. The number of aromatic nitrogens is 4. The Balaban J connectivity index is 1.38. The molecular formula is C24H23F3N8O2. The minimum absolute atomic E-state index is 0.0538. The zero-order chi connectivity index (χ0) is 26.5. The summed E-state index contributed by atoms with van der Waals surface area (Å²) in [6.45, 7) is 6.61. The Kier molecular flexibility index (Phi) is 5.89. The standard InChI is InChI=1S/C24H23F3N8O2/c1-14-11-33(21-16(9-28)10-29-19-8-17(37-3)4-5-18(19)21)12-15(2)35(14)23(36)32-6-7-34-20(13-32)30-31-22(34)24(25,26)27/h4-5,8,10,15H,1,6-7,11-13H2,2-3H3/t15-/m0/s1. The number of carbonyl (C=O) groups is 1. The summed E-state index contributed by atoms with van der Waals surface area (Å²) in [6, 6.07) is 6.95. The maximum Gasteiger partial charge on any atom is 0.451 e. The van der Waals surface area contributed by atoms with Gasteiger partial charge in [0.15, 0.2) is 5.82 Å². The number of carbonyl (C=O) groups excluding carboxylic acids is 1. The average molecular weight is 512 g/mol. The Labute approximate surface area is 210 Å². The third kappa shape index (κ3) is 4.18. The second-order valence-corrected chi connectivity index (χ2v) is 8.97. The Morgan fingerprint density at radius 2 is 2.03 bits per heavy atom. The maximum atomic E-state index is 13.5. The molecule has 0 bridgehead atoms. The summed E-state index contributed by atoms with van der Waals surface area (Å²) < 4.78 is 45.8. The van der Waals surface area contributed by atoms with Gasteiger partial charge in [0.05, 0.1) is 43.0 Å². The van der Waals surface area contributed by atoms with Crippen molar-refractivity contribution in [1.82, 2.24) is 29.5 Å². The van der Waals surface area contributed by atoms with Gasteiger partial charge in [0, 0.05) is 43.0 Å². The molecule has 0 saturated carbocycles. The third-order valence-corrected chi connectivity index (χ3v) is 6.61. The first kappa shape index (κ1) is 24.4. The molecule has 1 aromatic carbocycles. The van der Waals surface area contributed by atoms with Crippen molar-refractivity contribution in [2.75, 3.05) is 31.6 Å². The van der Waals surface area contributed by atoms with Crippen molar-refractivity contribution >= 4 is 22.6 Å². The average Bonchev–Trinajstić information content (AvgIpc) is 3.31. The van der Waals surface area contributed by atoms with E-state index in [1.807, 2.05) is 17.9 Å². The highest BCUT2D eigenvalue weighted by molar-refractivity contribution is 5.95. The lowest BCUT2D eigenvalue weighted by molar-refractivity contribution is -0.147. The number of ether oxygens (including phenoxy) is 1. The van der Waals surface area contributed by atoms with Crippen LogP contribution in [0.1, 0.15) is 24.1 Å². The Morgan fingerprint density at radius 3 is 2.70 bits per heavy atom. The quantitative estimate of drug-likeness (QED) is 0.519. The molecule has 10 nitrogen and oxygen atoms in total. The van der Waals surface area contributed by atoms with E-state index in [1.54, 1.807) is 24.1 Å². The normalized spacial score (nSPS) is 18.1. The molecule has 2 amide bonds. The number of alkyl halides is 3. The van der Waals surface area contributed by atoms with Crippen molar-refractivity contribution < 1.29 is 22.7 Å². The second-order valence-electron chi connectivity index (χ2n) is 8.97. The van der Waals surface area contributed by atoms with Crippen LogP contribution in [-0.4, -0.2) is 68.4 Å². The fraction of sp³-hybridized carbons (Fsp3) is 0.375. The number of anilines is 1. The van der Waals surface area contributed by atoms with E-state index in [2.05, 4.69) is 27.8 Å². The highest BCUT2D eigenvalue weighted by Gasteiger charge is 2.41. The predicted octanol–water partition coefficient (Wildman–Crippen LogP) is 3.39. The summed E-state index contributed by atoms with van der Waals surface area (Å²) in [5.74, 6) is -0.332. The van der Waals surface area contributed by atoms with Crippen LogP contribution in [0.4, 0.5) is 23.7 Å². The molecule has 3 aromatic rings. The molecule has 0 radical (unpaired) electrons. The molecule has 0 N–H and O–H groups in total. The molecule has 1 fully saturated rings. The lowest BCUT2D eigenvalue weighted by atomic mass is 10.0. The van der Waals surface area contributed by atoms with Crippen molar-refractivity contribution in [2.45, 2.75) is 32.2 Å². The van der Waals surface area contributed by atoms with Gasteiger partial charge in [-0.2, -0.15) is 18.4 Å². The summed E-state index contributed by atoms with van der Waals surface area (Å²) >= 11 is 0. The highest BCUT2D eigenvalue weighted by Crippen LogP contribution is 2.35. The number of nitriles is 1. The number of urea groups is 1. The topological polar surface area (TPSA) is 103 Å². The van der Waals surface area contributed by atoms with Gasteiger partial charge >= 0.3 is 12.2 Å². The molecule has 0 unspecified atom stereocenters. The first-order valence-electron chi connectivity index (χ1n) is 11.5. The van der Waals surface area contributed by atoms with Gasteiger partial charge in [0.1, 0.15) is 11.8 Å². The number of hydrogen-bond acceptors (Lipinski definition) is 7. The maximum absolute atomic E-state index is 13.5. The van der Waals surface area contributed by atoms with Crippen LogP contribution in [0.2, 0.25) is 0 Å². The number of hydrogen-bond donors (Lipinski definition) is 0. The molecule has 2 aromatic heterocycles. The largest absolute Gasteiger partial charge is 0.497 e. The van der Waals surface area contributed by atoms with Gasteiger partial charge in [-0.1, -0.05) is 6.58 Å². The van der Waals surface area contributed by atoms with Crippen LogP contribution in [0, 0.1) is 11.3 Å². The number of amides is 2. The molecule has 13 heteroatoms. The van der Waals surface area contributed by atoms with Gasteiger partial charge in [-0.25, -0.2) is 4.79 Å². The molecule has 192 valence electrons. The van der Waals surface area contributed by atoms with Crippen LogP contribution in [0.15, 0.2) is 36.7 Å². The van der Waals surface area contributed by atoms with Crippen LogP contribution in [-0.2, 0) is 19.3 Å². The summed E-state index contributed by atoms with van der Waals surface area (Å²) in [5.41, 5.74) is 2.27. The molecule has 5 rings (SSSR count). The van der Waals surface area contributed by atoms with Crippen LogP contribution < -0.4 is 9.64 Å². The van der Waals surface area contributed by atoms with Gasteiger partial charge in [0.2, 0.25) is 5.82 Å². The summed E-state index contributed by atoms with van der Waals surface area (Å²) in [5, 5.41) is 17.5. The summed E-state index contributed by atoms with van der Waals surface area (Å²) in [6.07, 6.45) is -3.09. The van der Waals surface area contributed by atoms with Crippen molar-refractivity contribution in [3.05, 3.63) is 53.9 Å². The molecule has 1 saturated heterocycles. The molecule has 0 aliphatic carbocycles. The predicted molar refractivity (Wildman–Crippen MR) is 126 cm³/mol. The lowest BCUT2D eigenvalue weighted by Gasteiger charge is -2.44. The minimum atomic E-state index is -4.61. The number of fused-ring (bicyclic) bond motifs is 2. The van der Waals surface area contributed by atoms with Crippen LogP contribution >= 0.6 is 0 Å². The number of nitrogens with zero attached hydrogens (tertiary/aromatic N) is 8. The lowest BCUT2D eigenvalue weighted by Crippen LogP contribution is -2.56. The van der Waals surface area contributed by atoms with E-state index in [0.717, 1.165) is 9.95 Å². The van der Waals surface area contributed by atoms with Crippen LogP contribution in [0.3, 0.4) is 0 Å². The van der Waals surface area contributed by atoms with Crippen LogP contribution in [0.5, 0.6) is 5.75 Å². The third-order valence-electron chi connectivity index (χ3n) is 6.61. The van der Waals surface area contributed by atoms with E-state index in [-0.39, 0.29) is 44.1 Å². The van der Waals surface area contributed by atoms with Gasteiger partial charge in [-0.3, -0.25) is 9.88 Å². The molecule has 2 aliphatic heterocycles. The van der Waals surface area contributed by atoms with Crippen LogP contribution in [0.25, 0.3) is 10.9 Å². The fourth-order valence-electron chi connectivity index (χ4n) is 4.96. The van der Waals surface area contributed by atoms with Gasteiger partial charge < -0.3 is 19.1 Å². The van der Waals surface area contributed by atoms with E-state index in [9.17, 15) is 23.2 Å². The first-order valence-corrected chi connectivity index (χ1v) is 11.5. The summed E-state index contributed by atoms with van der Waals surface area (Å²) in [4.78, 5) is 22.9. The highest BCUT2D eigenvalue weighted by atomic mass is 19.4. The molecule has 0 spiro atoms. The van der Waals surface area contributed by atoms with Gasteiger partial charge in [-0.15, -0.1) is 10.2 Å². The zero-order valence-corrected chi connectivity index (χ0v) is 20.2. The zero-order valence-electron chi connectivity index (χ0n) is 20.2. The Hall–Kier alpha value is -4.34. The molecule has 4 heterocycles. The number of halogens is 3. The first-order chi connectivity index (χ1) is 17.6. The Bertz CT molecular complexity index is 1440. The van der Waals surface area contributed by atoms with Crippen molar-refractivity contribution in [3.8, 4) is 11.8 Å². The molecule has 1 atom stereocenters.